The lowest BCUT2D eigenvalue weighted by molar-refractivity contribution is 0.0931. The number of nitrogen functional groups attached to an aromatic ring is 1. The molecule has 37 heavy (non-hydrogen) atoms. The lowest BCUT2D eigenvalue weighted by atomic mass is 10.1. The maximum Gasteiger partial charge on any atom is 0.329 e. The van der Waals surface area contributed by atoms with Gasteiger partial charge in [-0.05, 0) is 61.3 Å². The van der Waals surface area contributed by atoms with E-state index in [9.17, 15) is 14.4 Å². The summed E-state index contributed by atoms with van der Waals surface area (Å²) in [4.78, 5) is 38.9. The minimum Gasteiger partial charge on any atom is -0.397 e. The molecule has 4 aromatic rings. The van der Waals surface area contributed by atoms with Gasteiger partial charge in [0.1, 0.15) is 0 Å². The Morgan fingerprint density at radius 3 is 2.54 bits per heavy atom. The lowest BCUT2D eigenvalue weighted by Gasteiger charge is -2.24. The number of fused-ring (bicyclic) bond motifs is 1. The number of nitrogens with two attached hydrogens (primary N) is 1. The number of benzene rings is 3. The van der Waals surface area contributed by atoms with Gasteiger partial charge in [0.15, 0.2) is 0 Å². The van der Waals surface area contributed by atoms with Crippen LogP contribution in [0.5, 0.6) is 0 Å². The summed E-state index contributed by atoms with van der Waals surface area (Å²) in [6.45, 7) is 2.02. The topological polar surface area (TPSA) is 123 Å². The molecule has 1 fully saturated rings. The number of rotatable bonds is 6. The highest BCUT2D eigenvalue weighted by atomic mass is 16.2. The van der Waals surface area contributed by atoms with Crippen molar-refractivity contribution in [3.63, 3.8) is 0 Å². The third-order valence-electron chi connectivity index (χ3n) is 6.80. The van der Waals surface area contributed by atoms with Gasteiger partial charge >= 0.3 is 5.69 Å². The van der Waals surface area contributed by atoms with E-state index in [0.717, 1.165) is 31.5 Å². The summed E-state index contributed by atoms with van der Waals surface area (Å²) in [7, 11) is 1.68. The summed E-state index contributed by atoms with van der Waals surface area (Å²) >= 11 is 0. The van der Waals surface area contributed by atoms with Gasteiger partial charge < -0.3 is 21.7 Å². The number of piperidine rings is 1. The minimum atomic E-state index is -0.268. The molecular weight excluding hydrogens is 468 g/mol. The fourth-order valence-corrected chi connectivity index (χ4v) is 4.81. The molecule has 3 aromatic carbocycles. The summed E-state index contributed by atoms with van der Waals surface area (Å²) in [5.74, 6) is -0.447. The number of anilines is 2. The van der Waals surface area contributed by atoms with Gasteiger partial charge in [-0.3, -0.25) is 18.7 Å². The highest BCUT2D eigenvalue weighted by molar-refractivity contribution is 6.06. The molecule has 1 saturated heterocycles. The first-order valence-corrected chi connectivity index (χ1v) is 12.4. The third-order valence-corrected chi connectivity index (χ3v) is 6.80. The van der Waals surface area contributed by atoms with Gasteiger partial charge in [0, 0.05) is 25.2 Å². The number of amides is 2. The molecule has 1 aliphatic rings. The Labute approximate surface area is 214 Å². The second-order valence-electron chi connectivity index (χ2n) is 9.36. The van der Waals surface area contributed by atoms with E-state index in [-0.39, 0.29) is 23.5 Å². The van der Waals surface area contributed by atoms with E-state index in [1.54, 1.807) is 60.1 Å². The first-order valence-electron chi connectivity index (χ1n) is 12.4. The maximum absolute atomic E-state index is 13.2. The molecule has 0 saturated carbocycles. The number of nitrogens with one attached hydrogen (secondary N) is 3. The number of imidazole rings is 1. The Morgan fingerprint density at radius 1 is 1.03 bits per heavy atom. The molecule has 1 atom stereocenters. The van der Waals surface area contributed by atoms with Crippen molar-refractivity contribution in [3.8, 4) is 0 Å². The standard InChI is InChI=1S/C28H30N6O3/c1-33-25-21(27(36)31-20-6-5-15-30-16-20)7-4-10-24(25)34(28(33)37)17-18-11-13-19(14-12-18)26(35)32-23-9-3-2-8-22(23)29/h2-4,7-14,20,30H,5-6,15-17,29H2,1H3,(H,31,36)(H,32,35). The Morgan fingerprint density at radius 2 is 1.81 bits per heavy atom. The second kappa shape index (κ2) is 10.3. The highest BCUT2D eigenvalue weighted by Crippen LogP contribution is 2.21. The predicted octanol–water partition coefficient (Wildman–Crippen LogP) is 2.70. The van der Waals surface area contributed by atoms with Crippen LogP contribution in [0.25, 0.3) is 11.0 Å². The zero-order chi connectivity index (χ0) is 25.9. The molecule has 5 N–H and O–H groups in total. The number of para-hydroxylation sites is 3. The van der Waals surface area contributed by atoms with Crippen molar-refractivity contribution in [2.75, 3.05) is 24.1 Å². The predicted molar refractivity (Wildman–Crippen MR) is 145 cm³/mol. The average Bonchev–Trinajstić information content (AvgIpc) is 3.15. The Hall–Kier alpha value is -4.37. The number of aryl methyl sites for hydroxylation is 1. The number of nitrogens with zero attached hydrogens (tertiary/aromatic N) is 2. The molecule has 9 heteroatoms. The van der Waals surface area contributed by atoms with Crippen LogP contribution in [0.15, 0.2) is 71.5 Å². The molecule has 0 bridgehead atoms. The van der Waals surface area contributed by atoms with Gasteiger partial charge in [-0.15, -0.1) is 0 Å². The van der Waals surface area contributed by atoms with Crippen LogP contribution in [0.2, 0.25) is 0 Å². The van der Waals surface area contributed by atoms with E-state index in [1.165, 1.54) is 4.57 Å². The van der Waals surface area contributed by atoms with Gasteiger partial charge in [0.25, 0.3) is 11.8 Å². The maximum atomic E-state index is 13.2. The number of hydrogen-bond donors (Lipinski definition) is 4. The summed E-state index contributed by atoms with van der Waals surface area (Å²) in [6.07, 6.45) is 1.95. The number of carbonyl (C=O) groups is 2. The smallest absolute Gasteiger partial charge is 0.329 e. The fourth-order valence-electron chi connectivity index (χ4n) is 4.81. The largest absolute Gasteiger partial charge is 0.397 e. The summed E-state index contributed by atoms with van der Waals surface area (Å²) in [5.41, 5.74) is 9.85. The molecule has 2 heterocycles. The Bertz CT molecular complexity index is 1510. The van der Waals surface area contributed by atoms with Crippen molar-refractivity contribution in [1.29, 1.82) is 0 Å². The molecule has 190 valence electrons. The molecule has 0 spiro atoms. The normalized spacial score (nSPS) is 15.4. The summed E-state index contributed by atoms with van der Waals surface area (Å²) < 4.78 is 3.17. The minimum absolute atomic E-state index is 0.0738. The van der Waals surface area contributed by atoms with Gasteiger partial charge in [0.2, 0.25) is 0 Å². The monoisotopic (exact) mass is 498 g/mol. The van der Waals surface area contributed by atoms with Crippen molar-refractivity contribution >= 4 is 34.2 Å². The molecule has 2 amide bonds. The summed E-state index contributed by atoms with van der Waals surface area (Å²) in [6, 6.07) is 19.6. The SMILES string of the molecule is Cn1c(=O)n(Cc2ccc(C(=O)Nc3ccccc3N)cc2)c2cccc(C(=O)NC3CCCNC3)c21. The van der Waals surface area contributed by atoms with Crippen LogP contribution in [-0.4, -0.2) is 40.1 Å². The number of aromatic nitrogens is 2. The van der Waals surface area contributed by atoms with Crippen LogP contribution >= 0.6 is 0 Å². The van der Waals surface area contributed by atoms with Crippen LogP contribution in [0.3, 0.4) is 0 Å². The number of hydrogen-bond acceptors (Lipinski definition) is 5. The molecular formula is C28H30N6O3. The summed E-state index contributed by atoms with van der Waals surface area (Å²) in [5, 5.41) is 9.21. The van der Waals surface area contributed by atoms with E-state index in [0.29, 0.717) is 40.1 Å². The van der Waals surface area contributed by atoms with Crippen molar-refractivity contribution < 1.29 is 9.59 Å². The first-order chi connectivity index (χ1) is 17.9. The van der Waals surface area contributed by atoms with Crippen molar-refractivity contribution in [3.05, 3.63) is 93.9 Å². The van der Waals surface area contributed by atoms with Crippen LogP contribution < -0.4 is 27.4 Å². The van der Waals surface area contributed by atoms with Crippen molar-refractivity contribution in [2.45, 2.75) is 25.4 Å². The first kappa shape index (κ1) is 24.3. The lowest BCUT2D eigenvalue weighted by Crippen LogP contribution is -2.45. The molecule has 0 radical (unpaired) electrons. The van der Waals surface area contributed by atoms with E-state index in [4.69, 9.17) is 5.73 Å². The van der Waals surface area contributed by atoms with Crippen LogP contribution in [0.1, 0.15) is 39.1 Å². The van der Waals surface area contributed by atoms with Crippen LogP contribution in [-0.2, 0) is 13.6 Å². The zero-order valence-corrected chi connectivity index (χ0v) is 20.7. The van der Waals surface area contributed by atoms with E-state index in [2.05, 4.69) is 16.0 Å². The van der Waals surface area contributed by atoms with Crippen LogP contribution in [0, 0.1) is 0 Å². The average molecular weight is 499 g/mol. The van der Waals surface area contributed by atoms with Gasteiger partial charge in [-0.2, -0.15) is 0 Å². The molecule has 5 rings (SSSR count). The Balaban J connectivity index is 1.37. The molecule has 9 nitrogen and oxygen atoms in total. The third kappa shape index (κ3) is 4.99. The van der Waals surface area contributed by atoms with E-state index >= 15 is 0 Å². The highest BCUT2D eigenvalue weighted by Gasteiger charge is 2.21. The van der Waals surface area contributed by atoms with Crippen molar-refractivity contribution in [1.82, 2.24) is 19.8 Å². The molecule has 1 aromatic heterocycles. The van der Waals surface area contributed by atoms with E-state index < -0.39 is 0 Å². The molecule has 1 aliphatic heterocycles. The number of carbonyl (C=O) groups excluding carboxylic acids is 2. The van der Waals surface area contributed by atoms with Crippen molar-refractivity contribution in [2.24, 2.45) is 7.05 Å². The Kier molecular flexibility index (Phi) is 6.78. The zero-order valence-electron chi connectivity index (χ0n) is 20.7. The van der Waals surface area contributed by atoms with Gasteiger partial charge in [-0.1, -0.05) is 30.3 Å². The van der Waals surface area contributed by atoms with Gasteiger partial charge in [0.05, 0.1) is 34.5 Å². The molecule has 1 unspecified atom stereocenters. The molecule has 0 aliphatic carbocycles. The van der Waals surface area contributed by atoms with Gasteiger partial charge in [-0.25, -0.2) is 4.79 Å². The van der Waals surface area contributed by atoms with Crippen LogP contribution in [0.4, 0.5) is 11.4 Å². The van der Waals surface area contributed by atoms with E-state index in [1.807, 2.05) is 18.2 Å². The second-order valence-corrected chi connectivity index (χ2v) is 9.36. The quantitative estimate of drug-likeness (QED) is 0.305. The fraction of sp³-hybridized carbons (Fsp3) is 0.250.